The highest BCUT2D eigenvalue weighted by atomic mass is 35.5. The van der Waals surface area contributed by atoms with Crippen LogP contribution in [0.15, 0.2) is 18.2 Å². The Kier molecular flexibility index (Phi) is 4.67. The Balaban J connectivity index is 0.00000162. The summed E-state index contributed by atoms with van der Waals surface area (Å²) < 4.78 is 13.3. The van der Waals surface area contributed by atoms with Crippen molar-refractivity contribution in [3.05, 3.63) is 35.1 Å². The van der Waals surface area contributed by atoms with Gasteiger partial charge in [-0.05, 0) is 24.5 Å². The van der Waals surface area contributed by atoms with E-state index in [1.165, 1.54) is 12.1 Å². The van der Waals surface area contributed by atoms with E-state index in [2.05, 4.69) is 5.32 Å². The molecule has 0 saturated heterocycles. The maximum atomic E-state index is 13.3. The second kappa shape index (κ2) is 5.65. The minimum atomic E-state index is -0.705. The fourth-order valence-electron chi connectivity index (χ4n) is 1.55. The molecule has 18 heavy (non-hydrogen) atoms. The third kappa shape index (κ3) is 3.19. The number of aliphatic hydroxyl groups is 1. The van der Waals surface area contributed by atoms with Crippen LogP contribution in [0.3, 0.4) is 0 Å². The van der Waals surface area contributed by atoms with Crippen molar-refractivity contribution in [1.82, 2.24) is 5.32 Å². The van der Waals surface area contributed by atoms with Crippen molar-refractivity contribution >= 4 is 18.3 Å². The van der Waals surface area contributed by atoms with Crippen LogP contribution in [0.25, 0.3) is 0 Å². The van der Waals surface area contributed by atoms with Crippen LogP contribution in [0.1, 0.15) is 24.0 Å². The highest BCUT2D eigenvalue weighted by Crippen LogP contribution is 2.32. The molecule has 100 valence electrons. The largest absolute Gasteiger partial charge is 0.392 e. The molecular weight excluding hydrogens is 259 g/mol. The van der Waals surface area contributed by atoms with Crippen molar-refractivity contribution in [2.45, 2.75) is 31.5 Å². The van der Waals surface area contributed by atoms with Crippen LogP contribution >= 0.6 is 12.4 Å². The van der Waals surface area contributed by atoms with Gasteiger partial charge in [0, 0.05) is 12.1 Å². The zero-order valence-corrected chi connectivity index (χ0v) is 10.6. The Labute approximate surface area is 111 Å². The van der Waals surface area contributed by atoms with E-state index in [9.17, 15) is 9.18 Å². The summed E-state index contributed by atoms with van der Waals surface area (Å²) >= 11 is 0. The van der Waals surface area contributed by atoms with Gasteiger partial charge in [0.25, 0.3) is 0 Å². The first-order valence-corrected chi connectivity index (χ1v) is 5.50. The van der Waals surface area contributed by atoms with E-state index in [0.29, 0.717) is 18.4 Å². The molecule has 4 N–H and O–H groups in total. The lowest BCUT2D eigenvalue weighted by atomic mass is 10.1. The topological polar surface area (TPSA) is 75.4 Å². The second-order valence-corrected chi connectivity index (χ2v) is 4.42. The number of halogens is 2. The predicted molar refractivity (Wildman–Crippen MR) is 67.6 cm³/mol. The van der Waals surface area contributed by atoms with Gasteiger partial charge in [-0.3, -0.25) is 4.79 Å². The van der Waals surface area contributed by atoms with Gasteiger partial charge in [0.2, 0.25) is 5.91 Å². The molecular formula is C12H16ClFN2O2. The van der Waals surface area contributed by atoms with Gasteiger partial charge in [0.15, 0.2) is 0 Å². The maximum Gasteiger partial charge on any atom is 0.240 e. The summed E-state index contributed by atoms with van der Waals surface area (Å²) in [5, 5.41) is 11.5. The Morgan fingerprint density at radius 3 is 2.67 bits per heavy atom. The van der Waals surface area contributed by atoms with E-state index >= 15 is 0 Å². The third-order valence-corrected chi connectivity index (χ3v) is 2.98. The number of nitrogens with two attached hydrogens (primary N) is 1. The molecule has 0 heterocycles. The van der Waals surface area contributed by atoms with Gasteiger partial charge < -0.3 is 16.2 Å². The predicted octanol–water partition coefficient (Wildman–Crippen LogP) is 0.847. The summed E-state index contributed by atoms with van der Waals surface area (Å²) in [7, 11) is 0. The number of rotatable bonds is 4. The SMILES string of the molecule is Cl.NC1(C(=O)NCc2ccc(CO)c(F)c2)CC1. The molecule has 1 aliphatic carbocycles. The van der Waals surface area contributed by atoms with Crippen molar-refractivity contribution < 1.29 is 14.3 Å². The van der Waals surface area contributed by atoms with Crippen LogP contribution in [0.5, 0.6) is 0 Å². The summed E-state index contributed by atoms with van der Waals surface area (Å²) in [5.74, 6) is -0.655. The van der Waals surface area contributed by atoms with E-state index in [1.807, 2.05) is 0 Å². The summed E-state index contributed by atoms with van der Waals surface area (Å²) in [6, 6.07) is 4.49. The molecule has 1 aromatic rings. The average molecular weight is 275 g/mol. The summed E-state index contributed by atoms with van der Waals surface area (Å²) in [5.41, 5.74) is 5.90. The van der Waals surface area contributed by atoms with Gasteiger partial charge in [-0.1, -0.05) is 12.1 Å². The fraction of sp³-hybridized carbons (Fsp3) is 0.417. The molecule has 1 amide bonds. The van der Waals surface area contributed by atoms with Gasteiger partial charge >= 0.3 is 0 Å². The highest BCUT2D eigenvalue weighted by Gasteiger charge is 2.45. The minimum absolute atomic E-state index is 0. The Morgan fingerprint density at radius 1 is 1.50 bits per heavy atom. The van der Waals surface area contributed by atoms with Crippen molar-refractivity contribution in [2.75, 3.05) is 0 Å². The van der Waals surface area contributed by atoms with Crippen LogP contribution in [-0.2, 0) is 17.9 Å². The monoisotopic (exact) mass is 274 g/mol. The van der Waals surface area contributed by atoms with Gasteiger partial charge in [0.05, 0.1) is 12.1 Å². The quantitative estimate of drug-likeness (QED) is 0.762. The minimum Gasteiger partial charge on any atom is -0.392 e. The Morgan fingerprint density at radius 2 is 2.17 bits per heavy atom. The molecule has 0 bridgehead atoms. The average Bonchev–Trinajstić information content (AvgIpc) is 3.06. The first kappa shape index (κ1) is 14.9. The molecule has 0 aromatic heterocycles. The number of aliphatic hydroxyl groups excluding tert-OH is 1. The molecule has 1 saturated carbocycles. The Bertz CT molecular complexity index is 450. The maximum absolute atomic E-state index is 13.3. The number of amides is 1. The molecule has 0 aliphatic heterocycles. The molecule has 2 rings (SSSR count). The van der Waals surface area contributed by atoms with E-state index in [0.717, 1.165) is 0 Å². The number of benzene rings is 1. The number of hydrogen-bond acceptors (Lipinski definition) is 3. The van der Waals surface area contributed by atoms with Crippen molar-refractivity contribution in [1.29, 1.82) is 0 Å². The van der Waals surface area contributed by atoms with E-state index in [1.54, 1.807) is 6.07 Å². The Hall–Kier alpha value is -1.17. The van der Waals surface area contributed by atoms with Crippen molar-refractivity contribution in [3.63, 3.8) is 0 Å². The zero-order valence-electron chi connectivity index (χ0n) is 9.78. The molecule has 0 radical (unpaired) electrons. The number of carbonyl (C=O) groups is 1. The number of hydrogen-bond donors (Lipinski definition) is 3. The van der Waals surface area contributed by atoms with Crippen molar-refractivity contribution in [3.8, 4) is 0 Å². The van der Waals surface area contributed by atoms with E-state index in [4.69, 9.17) is 10.8 Å². The van der Waals surface area contributed by atoms with Gasteiger partial charge in [0.1, 0.15) is 5.82 Å². The molecule has 0 unspecified atom stereocenters. The van der Waals surface area contributed by atoms with E-state index in [-0.39, 0.29) is 37.0 Å². The first-order chi connectivity index (χ1) is 8.05. The van der Waals surface area contributed by atoms with E-state index < -0.39 is 11.4 Å². The normalized spacial score (nSPS) is 15.7. The van der Waals surface area contributed by atoms with Crippen LogP contribution in [0.4, 0.5) is 4.39 Å². The lowest BCUT2D eigenvalue weighted by Gasteiger charge is -2.10. The van der Waals surface area contributed by atoms with Gasteiger partial charge in [-0.2, -0.15) is 0 Å². The molecule has 6 heteroatoms. The fourth-order valence-corrected chi connectivity index (χ4v) is 1.55. The van der Waals surface area contributed by atoms with Gasteiger partial charge in [-0.15, -0.1) is 12.4 Å². The van der Waals surface area contributed by atoms with Crippen LogP contribution in [0.2, 0.25) is 0 Å². The lowest BCUT2D eigenvalue weighted by molar-refractivity contribution is -0.123. The molecule has 1 fully saturated rings. The molecule has 1 aromatic carbocycles. The number of carbonyl (C=O) groups excluding carboxylic acids is 1. The number of nitrogens with one attached hydrogen (secondary N) is 1. The summed E-state index contributed by atoms with van der Waals surface area (Å²) in [6.07, 6.45) is 1.41. The van der Waals surface area contributed by atoms with Crippen LogP contribution < -0.4 is 11.1 Å². The molecule has 1 aliphatic rings. The summed E-state index contributed by atoms with van der Waals surface area (Å²) in [4.78, 5) is 11.5. The van der Waals surface area contributed by atoms with Crippen LogP contribution in [-0.4, -0.2) is 16.6 Å². The molecule has 4 nitrogen and oxygen atoms in total. The lowest BCUT2D eigenvalue weighted by Crippen LogP contribution is -2.42. The third-order valence-electron chi connectivity index (χ3n) is 2.98. The molecule has 0 atom stereocenters. The van der Waals surface area contributed by atoms with Gasteiger partial charge in [-0.25, -0.2) is 4.39 Å². The first-order valence-electron chi connectivity index (χ1n) is 5.50. The zero-order chi connectivity index (χ0) is 12.5. The highest BCUT2D eigenvalue weighted by molar-refractivity contribution is 5.88. The smallest absolute Gasteiger partial charge is 0.240 e. The van der Waals surface area contributed by atoms with Crippen LogP contribution in [0, 0.1) is 5.82 Å². The second-order valence-electron chi connectivity index (χ2n) is 4.42. The standard InChI is InChI=1S/C12H15FN2O2.ClH/c13-10-5-8(1-2-9(10)7-16)6-15-11(17)12(14)3-4-12;/h1-2,5,16H,3-4,6-7,14H2,(H,15,17);1H. The van der Waals surface area contributed by atoms with Crippen molar-refractivity contribution in [2.24, 2.45) is 5.73 Å². The summed E-state index contributed by atoms with van der Waals surface area (Å²) in [6.45, 7) is -0.0786. The molecule has 0 spiro atoms.